The van der Waals surface area contributed by atoms with Crippen molar-refractivity contribution in [2.75, 3.05) is 17.7 Å². The van der Waals surface area contributed by atoms with Crippen molar-refractivity contribution in [1.29, 1.82) is 5.26 Å². The van der Waals surface area contributed by atoms with Crippen LogP contribution in [0, 0.1) is 17.2 Å². The van der Waals surface area contributed by atoms with Crippen molar-refractivity contribution in [2.24, 2.45) is 5.92 Å². The van der Waals surface area contributed by atoms with Crippen LogP contribution in [-0.2, 0) is 9.09 Å². The van der Waals surface area contributed by atoms with E-state index in [2.05, 4.69) is 26.3 Å². The predicted molar refractivity (Wildman–Crippen MR) is 130 cm³/mol. The first-order chi connectivity index (χ1) is 15.5. The molecule has 0 amide bonds. The summed E-state index contributed by atoms with van der Waals surface area (Å²) in [7, 11) is -4.61. The number of phosphoric ester groups is 1. The number of nitrogens with one attached hydrogen (secondary N) is 1. The number of aromatic nitrogens is 3. The lowest BCUT2D eigenvalue weighted by Crippen LogP contribution is -2.27. The number of nitriles is 1. The Morgan fingerprint density at radius 3 is 2.73 bits per heavy atom. The molecule has 0 spiro atoms. The monoisotopic (exact) mass is 508 g/mol. The average molecular weight is 509 g/mol. The van der Waals surface area contributed by atoms with Gasteiger partial charge in [-0.15, -0.1) is 0 Å². The summed E-state index contributed by atoms with van der Waals surface area (Å²) in [5.41, 5.74) is 7.88. The van der Waals surface area contributed by atoms with Crippen molar-refractivity contribution >= 4 is 52.2 Å². The first-order valence-corrected chi connectivity index (χ1v) is 13.3. The van der Waals surface area contributed by atoms with Gasteiger partial charge in [-0.1, -0.05) is 49.1 Å². The van der Waals surface area contributed by atoms with Gasteiger partial charge in [0, 0.05) is 5.25 Å². The number of hydrogen-bond acceptors (Lipinski definition) is 10. The van der Waals surface area contributed by atoms with Crippen LogP contribution in [0.5, 0.6) is 0 Å². The second-order valence-corrected chi connectivity index (χ2v) is 11.4. The number of thiazole rings is 1. The first-order valence-electron chi connectivity index (χ1n) is 10.1. The Morgan fingerprint density at radius 2 is 2.06 bits per heavy atom. The highest BCUT2D eigenvalue weighted by atomic mass is 32.2. The number of nitrogens with two attached hydrogens (primary N) is 1. The minimum atomic E-state index is -4.61. The molecule has 0 saturated heterocycles. The number of anilines is 2. The Balaban J connectivity index is 1.90. The number of nitrogens with zero attached hydrogens (tertiary/aromatic N) is 4. The highest BCUT2D eigenvalue weighted by Gasteiger charge is 2.22. The summed E-state index contributed by atoms with van der Waals surface area (Å²) in [4.78, 5) is 31.7. The van der Waals surface area contributed by atoms with Crippen molar-refractivity contribution in [2.45, 2.75) is 43.6 Å². The van der Waals surface area contributed by atoms with Gasteiger partial charge in [0.1, 0.15) is 4.70 Å². The van der Waals surface area contributed by atoms with Crippen molar-refractivity contribution in [3.8, 4) is 6.07 Å². The molecular formula is C20H25N6O4PS2. The van der Waals surface area contributed by atoms with Gasteiger partial charge in [-0.25, -0.2) is 19.5 Å². The zero-order chi connectivity index (χ0) is 24.2. The van der Waals surface area contributed by atoms with Crippen molar-refractivity contribution in [3.63, 3.8) is 0 Å². The molecule has 2 heterocycles. The zero-order valence-corrected chi connectivity index (χ0v) is 20.8. The highest BCUT2D eigenvalue weighted by Crippen LogP contribution is 2.38. The molecule has 10 nitrogen and oxygen atoms in total. The van der Waals surface area contributed by atoms with Crippen molar-refractivity contribution < 1.29 is 18.9 Å². The smallest absolute Gasteiger partial charge is 0.375 e. The van der Waals surface area contributed by atoms with Gasteiger partial charge >= 0.3 is 7.82 Å². The van der Waals surface area contributed by atoms with E-state index in [9.17, 15) is 4.57 Å². The van der Waals surface area contributed by atoms with Crippen LogP contribution >= 0.6 is 30.9 Å². The highest BCUT2D eigenvalue weighted by molar-refractivity contribution is 7.99. The van der Waals surface area contributed by atoms with Gasteiger partial charge in [-0.2, -0.15) is 5.26 Å². The minimum Gasteiger partial charge on any atom is -0.375 e. The Bertz CT molecular complexity index is 1210. The molecule has 3 aromatic rings. The lowest BCUT2D eigenvalue weighted by Gasteiger charge is -2.22. The van der Waals surface area contributed by atoms with E-state index in [0.29, 0.717) is 38.4 Å². The normalized spacial score (nSPS) is 13.7. The van der Waals surface area contributed by atoms with E-state index in [0.717, 1.165) is 5.56 Å². The van der Waals surface area contributed by atoms with Crippen LogP contribution in [0.25, 0.3) is 10.3 Å². The lowest BCUT2D eigenvalue weighted by molar-refractivity contribution is 0.184. The molecule has 1 aromatic carbocycles. The van der Waals surface area contributed by atoms with Gasteiger partial charge in [0.15, 0.2) is 21.8 Å². The molecule has 3 rings (SSSR count). The maximum atomic E-state index is 11.2. The summed E-state index contributed by atoms with van der Waals surface area (Å²) < 4.78 is 16.6. The molecule has 2 aromatic heterocycles. The molecule has 0 aliphatic rings. The Hall–Kier alpha value is -2.26. The molecule has 0 saturated carbocycles. The first kappa shape index (κ1) is 25.4. The van der Waals surface area contributed by atoms with Crippen LogP contribution in [0.3, 0.4) is 0 Å². The Labute approximate surface area is 199 Å². The van der Waals surface area contributed by atoms with Gasteiger partial charge in [0.2, 0.25) is 0 Å². The summed E-state index contributed by atoms with van der Waals surface area (Å²) in [6, 6.07) is 9.09. The number of benzene rings is 1. The topological polar surface area (TPSA) is 167 Å². The molecule has 13 heteroatoms. The number of phosphoric acid groups is 1. The SMILES string of the molecule is CC(C)CC(COP(=O)(O)O)Nc1nc(SC(C)c2cccc(C#N)c2)nc2nc(N)sc12. The summed E-state index contributed by atoms with van der Waals surface area (Å²) in [5, 5.41) is 13.2. The van der Waals surface area contributed by atoms with Gasteiger partial charge in [0.25, 0.3) is 0 Å². The minimum absolute atomic E-state index is 0.0379. The lowest BCUT2D eigenvalue weighted by atomic mass is 10.0. The van der Waals surface area contributed by atoms with Crippen molar-refractivity contribution in [1.82, 2.24) is 15.0 Å². The maximum Gasteiger partial charge on any atom is 0.469 e. The molecule has 2 unspecified atom stereocenters. The second kappa shape index (κ2) is 10.8. The Morgan fingerprint density at radius 1 is 1.30 bits per heavy atom. The molecule has 33 heavy (non-hydrogen) atoms. The summed E-state index contributed by atoms with van der Waals surface area (Å²) in [6.07, 6.45) is 0.597. The molecule has 0 fully saturated rings. The van der Waals surface area contributed by atoms with Gasteiger partial charge in [-0.05, 0) is 37.0 Å². The van der Waals surface area contributed by atoms with E-state index in [1.54, 1.807) is 6.07 Å². The third-order valence-electron chi connectivity index (χ3n) is 4.56. The summed E-state index contributed by atoms with van der Waals surface area (Å²) in [6.45, 7) is 5.81. The maximum absolute atomic E-state index is 11.2. The fourth-order valence-corrected chi connectivity index (χ4v) is 5.16. The van der Waals surface area contributed by atoms with Gasteiger partial charge in [0.05, 0.1) is 24.3 Å². The summed E-state index contributed by atoms with van der Waals surface area (Å²) >= 11 is 2.64. The third-order valence-corrected chi connectivity index (χ3v) is 6.94. The van der Waals surface area contributed by atoms with E-state index >= 15 is 0 Å². The van der Waals surface area contributed by atoms with Crippen LogP contribution in [0.2, 0.25) is 0 Å². The Kier molecular flexibility index (Phi) is 8.28. The number of fused-ring (bicyclic) bond motifs is 1. The van der Waals surface area contributed by atoms with Crippen molar-refractivity contribution in [3.05, 3.63) is 35.4 Å². The number of nitrogen functional groups attached to an aromatic ring is 1. The molecule has 0 aliphatic heterocycles. The largest absolute Gasteiger partial charge is 0.469 e. The fraction of sp³-hybridized carbons (Fsp3) is 0.400. The second-order valence-electron chi connectivity index (χ2n) is 7.81. The molecule has 176 valence electrons. The molecule has 0 aliphatic carbocycles. The fourth-order valence-electron chi connectivity index (χ4n) is 3.18. The standard InChI is InChI=1S/C20H25N6O4PS2/c1-11(2)7-15(10-30-31(27,28)29)23-17-16-18(24-19(22)33-16)26-20(25-17)32-12(3)14-6-4-5-13(8-14)9-21/h4-6,8,11-12,15H,7,10H2,1-3H3,(H2,27,28,29)(H3,22,23,24,25,26). The van der Waals surface area contributed by atoms with E-state index < -0.39 is 13.9 Å². The van der Waals surface area contributed by atoms with Gasteiger partial charge in [-0.3, -0.25) is 4.52 Å². The summed E-state index contributed by atoms with van der Waals surface area (Å²) in [5.74, 6) is 0.725. The number of rotatable bonds is 10. The van der Waals surface area contributed by atoms with E-state index in [1.165, 1.54) is 23.1 Å². The third kappa shape index (κ3) is 7.37. The van der Waals surface area contributed by atoms with Crippen LogP contribution in [0.1, 0.15) is 43.6 Å². The van der Waals surface area contributed by atoms with Crippen LogP contribution < -0.4 is 11.1 Å². The van der Waals surface area contributed by atoms with Crippen LogP contribution in [-0.4, -0.2) is 37.4 Å². The van der Waals surface area contributed by atoms with E-state index in [1.807, 2.05) is 39.0 Å². The van der Waals surface area contributed by atoms with Gasteiger partial charge < -0.3 is 20.8 Å². The molecule has 5 N–H and O–H groups in total. The number of thioether (sulfide) groups is 1. The van der Waals surface area contributed by atoms with E-state index in [4.69, 9.17) is 25.3 Å². The zero-order valence-electron chi connectivity index (χ0n) is 18.3. The van der Waals surface area contributed by atoms with Crippen LogP contribution in [0.4, 0.5) is 10.9 Å². The van der Waals surface area contributed by atoms with Crippen LogP contribution in [0.15, 0.2) is 29.4 Å². The predicted octanol–water partition coefficient (Wildman–Crippen LogP) is 4.33. The molecule has 0 radical (unpaired) electrons. The quantitative estimate of drug-likeness (QED) is 0.175. The molecular weight excluding hydrogens is 483 g/mol. The number of hydrogen-bond donors (Lipinski definition) is 4. The molecule has 0 bridgehead atoms. The average Bonchev–Trinajstić information content (AvgIpc) is 3.11. The molecule has 2 atom stereocenters. The van der Waals surface area contributed by atoms with E-state index in [-0.39, 0.29) is 17.8 Å².